The molecule has 0 fully saturated rings. The van der Waals surface area contributed by atoms with Crippen LogP contribution in [0.25, 0.3) is 0 Å². The predicted octanol–water partition coefficient (Wildman–Crippen LogP) is 2.05. The van der Waals surface area contributed by atoms with E-state index in [1.165, 1.54) is 5.56 Å². The van der Waals surface area contributed by atoms with Gasteiger partial charge in [0.2, 0.25) is 0 Å². The molecule has 4 heteroatoms. The molecule has 1 rings (SSSR count). The van der Waals surface area contributed by atoms with Crippen LogP contribution in [0.1, 0.15) is 36.3 Å². The molecule has 1 unspecified atom stereocenters. The Morgan fingerprint density at radius 3 is 2.36 bits per heavy atom. The first-order valence-corrected chi connectivity index (χ1v) is 5.21. The van der Waals surface area contributed by atoms with E-state index in [0.717, 1.165) is 17.8 Å². The molecule has 3 nitrogen and oxygen atoms in total. The molecular formula is C10H17N3S. The van der Waals surface area contributed by atoms with E-state index < -0.39 is 0 Å². The first-order valence-electron chi connectivity index (χ1n) is 4.80. The molecule has 78 valence electrons. The number of hydrogen-bond acceptors (Lipinski definition) is 2. The minimum absolute atomic E-state index is 0.0531. The van der Waals surface area contributed by atoms with Crippen molar-refractivity contribution in [2.75, 3.05) is 0 Å². The molecule has 1 aromatic heterocycles. The number of thiocarbonyl (C=S) groups is 1. The summed E-state index contributed by atoms with van der Waals surface area (Å²) in [5.41, 5.74) is 9.11. The number of aromatic nitrogens is 2. The van der Waals surface area contributed by atoms with Gasteiger partial charge in [-0.15, -0.1) is 0 Å². The average Bonchev–Trinajstić information content (AvgIpc) is 2.35. The van der Waals surface area contributed by atoms with Crippen LogP contribution in [0.4, 0.5) is 0 Å². The lowest BCUT2D eigenvalue weighted by molar-refractivity contribution is 0.537. The lowest BCUT2D eigenvalue weighted by Gasteiger charge is -2.15. The van der Waals surface area contributed by atoms with Gasteiger partial charge in [0.25, 0.3) is 0 Å². The average molecular weight is 211 g/mol. The summed E-state index contributed by atoms with van der Waals surface area (Å²) in [5.74, 6) is 0. The van der Waals surface area contributed by atoms with Crippen molar-refractivity contribution in [3.63, 3.8) is 0 Å². The predicted molar refractivity (Wildman–Crippen MR) is 62.6 cm³/mol. The highest BCUT2D eigenvalue weighted by Crippen LogP contribution is 2.18. The van der Waals surface area contributed by atoms with Crippen LogP contribution in [0.15, 0.2) is 0 Å². The van der Waals surface area contributed by atoms with Gasteiger partial charge >= 0.3 is 0 Å². The molecule has 0 aromatic carbocycles. The standard InChI is InChI=1S/C10H17N3S/c1-5-9(10(11)14)13-8(4)6(2)7(3)12-13/h9H,5H2,1-4H3,(H2,11,14). The molecule has 2 N–H and O–H groups in total. The molecule has 0 radical (unpaired) electrons. The van der Waals surface area contributed by atoms with Crippen molar-refractivity contribution < 1.29 is 0 Å². The van der Waals surface area contributed by atoms with Crippen LogP contribution < -0.4 is 5.73 Å². The number of nitrogens with zero attached hydrogens (tertiary/aromatic N) is 2. The van der Waals surface area contributed by atoms with Gasteiger partial charge in [0.15, 0.2) is 0 Å². The maximum absolute atomic E-state index is 5.68. The number of nitrogens with two attached hydrogens (primary N) is 1. The highest BCUT2D eigenvalue weighted by atomic mass is 32.1. The fourth-order valence-electron chi connectivity index (χ4n) is 1.54. The Balaban J connectivity index is 3.17. The summed E-state index contributed by atoms with van der Waals surface area (Å²) >= 11 is 5.03. The summed E-state index contributed by atoms with van der Waals surface area (Å²) in [6, 6.07) is 0.0531. The van der Waals surface area contributed by atoms with Crippen molar-refractivity contribution in [2.45, 2.75) is 40.2 Å². The van der Waals surface area contributed by atoms with Crippen LogP contribution in [0.2, 0.25) is 0 Å². The van der Waals surface area contributed by atoms with E-state index in [0.29, 0.717) is 4.99 Å². The maximum atomic E-state index is 5.68. The van der Waals surface area contributed by atoms with E-state index in [-0.39, 0.29) is 6.04 Å². The van der Waals surface area contributed by atoms with Gasteiger partial charge < -0.3 is 5.73 Å². The van der Waals surface area contributed by atoms with E-state index in [2.05, 4.69) is 25.9 Å². The summed E-state index contributed by atoms with van der Waals surface area (Å²) in [5, 5.41) is 4.45. The maximum Gasteiger partial charge on any atom is 0.102 e. The molecule has 14 heavy (non-hydrogen) atoms. The van der Waals surface area contributed by atoms with Gasteiger partial charge in [0.1, 0.15) is 6.04 Å². The summed E-state index contributed by atoms with van der Waals surface area (Å²) in [7, 11) is 0. The Morgan fingerprint density at radius 2 is 2.07 bits per heavy atom. The fraction of sp³-hybridized carbons (Fsp3) is 0.600. The SMILES string of the molecule is CCC(C(N)=S)n1nc(C)c(C)c1C. The summed E-state index contributed by atoms with van der Waals surface area (Å²) in [6.07, 6.45) is 0.886. The van der Waals surface area contributed by atoms with Crippen LogP contribution in [0, 0.1) is 20.8 Å². The van der Waals surface area contributed by atoms with Gasteiger partial charge in [-0.25, -0.2) is 0 Å². The van der Waals surface area contributed by atoms with E-state index in [1.807, 2.05) is 11.6 Å². The highest BCUT2D eigenvalue weighted by Gasteiger charge is 2.17. The Hall–Kier alpha value is -0.900. The second-order valence-corrected chi connectivity index (χ2v) is 4.04. The van der Waals surface area contributed by atoms with Crippen molar-refractivity contribution in [3.8, 4) is 0 Å². The number of rotatable bonds is 3. The van der Waals surface area contributed by atoms with Gasteiger partial charge in [-0.3, -0.25) is 4.68 Å². The fourth-order valence-corrected chi connectivity index (χ4v) is 1.81. The van der Waals surface area contributed by atoms with Crippen LogP contribution in [0.5, 0.6) is 0 Å². The van der Waals surface area contributed by atoms with Crippen LogP contribution in [0.3, 0.4) is 0 Å². The first kappa shape index (κ1) is 11.2. The molecule has 1 aromatic rings. The van der Waals surface area contributed by atoms with Crippen molar-refractivity contribution in [1.29, 1.82) is 0 Å². The Morgan fingerprint density at radius 1 is 1.50 bits per heavy atom. The molecule has 0 spiro atoms. The lowest BCUT2D eigenvalue weighted by Crippen LogP contribution is -2.25. The second kappa shape index (κ2) is 4.09. The van der Waals surface area contributed by atoms with Gasteiger partial charge in [0.05, 0.1) is 10.7 Å². The van der Waals surface area contributed by atoms with E-state index in [9.17, 15) is 0 Å². The zero-order valence-electron chi connectivity index (χ0n) is 9.16. The van der Waals surface area contributed by atoms with Gasteiger partial charge in [-0.2, -0.15) is 5.10 Å². The minimum atomic E-state index is 0.0531. The normalized spacial score (nSPS) is 12.9. The molecule has 0 aliphatic heterocycles. The van der Waals surface area contributed by atoms with Gasteiger partial charge in [-0.05, 0) is 32.8 Å². The Bertz CT molecular complexity index is 354. The monoisotopic (exact) mass is 211 g/mol. The zero-order chi connectivity index (χ0) is 10.9. The third-order valence-electron chi connectivity index (χ3n) is 2.70. The van der Waals surface area contributed by atoms with Gasteiger partial charge in [-0.1, -0.05) is 19.1 Å². The molecule has 0 aliphatic rings. The quantitative estimate of drug-likeness (QED) is 0.778. The smallest absolute Gasteiger partial charge is 0.102 e. The molecule has 0 amide bonds. The van der Waals surface area contributed by atoms with E-state index in [4.69, 9.17) is 18.0 Å². The van der Waals surface area contributed by atoms with Crippen LogP contribution in [-0.4, -0.2) is 14.8 Å². The number of hydrogen-bond donors (Lipinski definition) is 1. The topological polar surface area (TPSA) is 43.8 Å². The molecule has 1 atom stereocenters. The minimum Gasteiger partial charge on any atom is -0.392 e. The molecule has 0 bridgehead atoms. The van der Waals surface area contributed by atoms with Crippen molar-refractivity contribution in [2.24, 2.45) is 5.73 Å². The highest BCUT2D eigenvalue weighted by molar-refractivity contribution is 7.80. The molecular weight excluding hydrogens is 194 g/mol. The summed E-state index contributed by atoms with van der Waals surface area (Å²) in [6.45, 7) is 8.19. The second-order valence-electron chi connectivity index (χ2n) is 3.57. The van der Waals surface area contributed by atoms with Crippen molar-refractivity contribution in [3.05, 3.63) is 17.0 Å². The molecule has 1 heterocycles. The van der Waals surface area contributed by atoms with Crippen LogP contribution in [-0.2, 0) is 0 Å². The summed E-state index contributed by atoms with van der Waals surface area (Å²) in [4.78, 5) is 0.512. The molecule has 0 saturated heterocycles. The van der Waals surface area contributed by atoms with E-state index >= 15 is 0 Å². The third-order valence-corrected chi connectivity index (χ3v) is 2.97. The first-order chi connectivity index (χ1) is 6.49. The largest absolute Gasteiger partial charge is 0.392 e. The Kier molecular flexibility index (Phi) is 3.26. The Labute approximate surface area is 90.3 Å². The molecule has 0 saturated carbocycles. The third kappa shape index (κ3) is 1.80. The van der Waals surface area contributed by atoms with Crippen LogP contribution >= 0.6 is 12.2 Å². The summed E-state index contributed by atoms with van der Waals surface area (Å²) < 4.78 is 1.94. The number of aryl methyl sites for hydroxylation is 1. The zero-order valence-corrected chi connectivity index (χ0v) is 9.98. The van der Waals surface area contributed by atoms with Crippen molar-refractivity contribution >= 4 is 17.2 Å². The molecule has 0 aliphatic carbocycles. The van der Waals surface area contributed by atoms with E-state index in [1.54, 1.807) is 0 Å². The van der Waals surface area contributed by atoms with Crippen molar-refractivity contribution in [1.82, 2.24) is 9.78 Å². The van der Waals surface area contributed by atoms with Gasteiger partial charge in [0, 0.05) is 5.69 Å². The lowest BCUT2D eigenvalue weighted by atomic mass is 10.2.